The zero-order valence-corrected chi connectivity index (χ0v) is 16.4. The molecule has 3 aromatic carbocycles. The molecule has 1 aliphatic rings. The van der Waals surface area contributed by atoms with E-state index in [0.717, 1.165) is 16.7 Å². The molecule has 4 rings (SSSR count). The second-order valence-corrected chi connectivity index (χ2v) is 7.20. The van der Waals surface area contributed by atoms with Crippen molar-refractivity contribution in [1.29, 1.82) is 0 Å². The van der Waals surface area contributed by atoms with Crippen LogP contribution in [0.25, 0.3) is 0 Å². The van der Waals surface area contributed by atoms with Crippen LogP contribution in [-0.4, -0.2) is 18.2 Å². The van der Waals surface area contributed by atoms with Crippen LogP contribution >= 0.6 is 0 Å². The van der Waals surface area contributed by atoms with Crippen LogP contribution in [0.1, 0.15) is 30.0 Å². The van der Waals surface area contributed by atoms with Crippen molar-refractivity contribution in [2.24, 2.45) is 0 Å². The highest BCUT2D eigenvalue weighted by Gasteiger charge is 2.40. The van der Waals surface area contributed by atoms with Crippen molar-refractivity contribution in [1.82, 2.24) is 0 Å². The summed E-state index contributed by atoms with van der Waals surface area (Å²) in [6.07, 6.45) is 4.08. The SMILES string of the molecule is CC(=O)O[C@@H]1C=C[C@H](OC(c2ccccc2)(c2ccccc2)c2ccccc2)C1. The smallest absolute Gasteiger partial charge is 0.303 e. The first-order chi connectivity index (χ1) is 14.2. The van der Waals surface area contributed by atoms with Gasteiger partial charge in [-0.2, -0.15) is 0 Å². The number of carbonyl (C=O) groups excluding carboxylic acids is 1. The van der Waals surface area contributed by atoms with Gasteiger partial charge in [0.15, 0.2) is 0 Å². The van der Waals surface area contributed by atoms with Crippen molar-refractivity contribution in [3.63, 3.8) is 0 Å². The fourth-order valence-electron chi connectivity index (χ4n) is 3.97. The van der Waals surface area contributed by atoms with Crippen LogP contribution in [0.3, 0.4) is 0 Å². The Morgan fingerprint density at radius 2 is 1.14 bits per heavy atom. The van der Waals surface area contributed by atoms with Gasteiger partial charge in [0.05, 0.1) is 6.10 Å². The van der Waals surface area contributed by atoms with Crippen LogP contribution in [0.15, 0.2) is 103 Å². The summed E-state index contributed by atoms with van der Waals surface area (Å²) < 4.78 is 12.3. The summed E-state index contributed by atoms with van der Waals surface area (Å²) in [5.41, 5.74) is 2.40. The number of hydrogen-bond donors (Lipinski definition) is 0. The molecule has 3 aromatic rings. The van der Waals surface area contributed by atoms with E-state index in [1.165, 1.54) is 6.92 Å². The first-order valence-corrected chi connectivity index (χ1v) is 9.88. The maximum atomic E-state index is 11.4. The molecule has 0 aromatic heterocycles. The molecule has 2 atom stereocenters. The van der Waals surface area contributed by atoms with Crippen molar-refractivity contribution in [2.75, 3.05) is 0 Å². The van der Waals surface area contributed by atoms with Crippen LogP contribution in [0.2, 0.25) is 0 Å². The van der Waals surface area contributed by atoms with Crippen molar-refractivity contribution in [3.05, 3.63) is 120 Å². The van der Waals surface area contributed by atoms with Gasteiger partial charge >= 0.3 is 5.97 Å². The molecule has 29 heavy (non-hydrogen) atoms. The van der Waals surface area contributed by atoms with Gasteiger partial charge in [-0.3, -0.25) is 4.79 Å². The molecule has 0 heterocycles. The van der Waals surface area contributed by atoms with Gasteiger partial charge in [0.1, 0.15) is 11.7 Å². The van der Waals surface area contributed by atoms with Gasteiger partial charge in [0.25, 0.3) is 0 Å². The third-order valence-electron chi connectivity index (χ3n) is 5.19. The highest BCUT2D eigenvalue weighted by atomic mass is 16.5. The van der Waals surface area contributed by atoms with Gasteiger partial charge in [-0.15, -0.1) is 0 Å². The first-order valence-electron chi connectivity index (χ1n) is 9.88. The Kier molecular flexibility index (Phi) is 5.59. The lowest BCUT2D eigenvalue weighted by Gasteiger charge is -2.38. The molecular formula is C26H24O3. The standard InChI is InChI=1S/C26H24O3/c1-20(27)28-24-17-18-25(19-24)29-26(21-11-5-2-6-12-21,22-13-7-3-8-14-22)23-15-9-4-10-16-23/h2-18,24-25H,19H2,1H3/t24-,25+/m1/s1. The van der Waals surface area contributed by atoms with Gasteiger partial charge in [-0.1, -0.05) is 97.1 Å². The second-order valence-electron chi connectivity index (χ2n) is 7.20. The molecule has 0 amide bonds. The van der Waals surface area contributed by atoms with Crippen molar-refractivity contribution < 1.29 is 14.3 Å². The number of benzene rings is 3. The van der Waals surface area contributed by atoms with Gasteiger partial charge in [-0.05, 0) is 22.8 Å². The van der Waals surface area contributed by atoms with E-state index in [2.05, 4.69) is 36.4 Å². The van der Waals surface area contributed by atoms with Gasteiger partial charge in [0.2, 0.25) is 0 Å². The molecular weight excluding hydrogens is 360 g/mol. The second kappa shape index (κ2) is 8.46. The minimum absolute atomic E-state index is 0.181. The van der Waals surface area contributed by atoms with Crippen LogP contribution in [0, 0.1) is 0 Å². The fourth-order valence-corrected chi connectivity index (χ4v) is 3.97. The van der Waals surface area contributed by atoms with Crippen LogP contribution < -0.4 is 0 Å². The largest absolute Gasteiger partial charge is 0.458 e. The Hall–Kier alpha value is -3.17. The van der Waals surface area contributed by atoms with E-state index >= 15 is 0 Å². The summed E-state index contributed by atoms with van der Waals surface area (Å²) in [7, 11) is 0. The average Bonchev–Trinajstić information content (AvgIpc) is 3.20. The minimum Gasteiger partial charge on any atom is -0.458 e. The fraction of sp³-hybridized carbons (Fsp3) is 0.192. The third-order valence-corrected chi connectivity index (χ3v) is 5.19. The van der Waals surface area contributed by atoms with E-state index in [9.17, 15) is 4.79 Å². The normalized spacial score (nSPS) is 18.5. The molecule has 0 N–H and O–H groups in total. The first kappa shape index (κ1) is 19.2. The highest BCUT2D eigenvalue weighted by molar-refractivity contribution is 5.66. The molecule has 1 aliphatic carbocycles. The number of carbonyl (C=O) groups is 1. The van der Waals surface area contributed by atoms with E-state index in [4.69, 9.17) is 9.47 Å². The summed E-state index contributed by atoms with van der Waals surface area (Å²) in [6.45, 7) is 1.43. The molecule has 0 fully saturated rings. The highest BCUT2D eigenvalue weighted by Crippen LogP contribution is 2.42. The molecule has 0 bridgehead atoms. The van der Waals surface area contributed by atoms with E-state index in [0.29, 0.717) is 6.42 Å². The zero-order valence-electron chi connectivity index (χ0n) is 16.4. The number of hydrogen-bond acceptors (Lipinski definition) is 3. The Morgan fingerprint density at radius 1 is 0.724 bits per heavy atom. The van der Waals surface area contributed by atoms with E-state index < -0.39 is 5.60 Å². The third kappa shape index (κ3) is 4.01. The summed E-state index contributed by atoms with van der Waals surface area (Å²) in [4.78, 5) is 11.4. The van der Waals surface area contributed by atoms with Crippen LogP contribution in [-0.2, 0) is 19.9 Å². The summed E-state index contributed by atoms with van der Waals surface area (Å²) in [6, 6.07) is 30.8. The molecule has 0 aliphatic heterocycles. The summed E-state index contributed by atoms with van der Waals surface area (Å²) >= 11 is 0. The molecule has 146 valence electrons. The topological polar surface area (TPSA) is 35.5 Å². The predicted octanol–water partition coefficient (Wildman–Crippen LogP) is 5.26. The summed E-state index contributed by atoms with van der Waals surface area (Å²) in [5.74, 6) is -0.277. The van der Waals surface area contributed by atoms with E-state index in [1.54, 1.807) is 0 Å². The average molecular weight is 384 g/mol. The van der Waals surface area contributed by atoms with Crippen molar-refractivity contribution in [3.8, 4) is 0 Å². The van der Waals surface area contributed by atoms with Gasteiger partial charge < -0.3 is 9.47 Å². The Labute approximate surface area is 171 Å². The Balaban J connectivity index is 1.81. The lowest BCUT2D eigenvalue weighted by molar-refractivity contribution is -0.145. The van der Waals surface area contributed by atoms with E-state index in [-0.39, 0.29) is 18.2 Å². The minimum atomic E-state index is -0.774. The zero-order chi connectivity index (χ0) is 20.1. The maximum Gasteiger partial charge on any atom is 0.303 e. The lowest BCUT2D eigenvalue weighted by Crippen LogP contribution is -2.36. The predicted molar refractivity (Wildman–Crippen MR) is 113 cm³/mol. The van der Waals surface area contributed by atoms with E-state index in [1.807, 2.05) is 66.7 Å². The lowest BCUT2D eigenvalue weighted by atomic mass is 9.80. The molecule has 0 unspecified atom stereocenters. The monoisotopic (exact) mass is 384 g/mol. The molecule has 0 spiro atoms. The van der Waals surface area contributed by atoms with Gasteiger partial charge in [0, 0.05) is 13.3 Å². The van der Waals surface area contributed by atoms with Crippen LogP contribution in [0.5, 0.6) is 0 Å². The summed E-state index contributed by atoms with van der Waals surface area (Å²) in [5, 5.41) is 0. The number of esters is 1. The number of ether oxygens (including phenoxy) is 2. The van der Waals surface area contributed by atoms with Gasteiger partial charge in [-0.25, -0.2) is 0 Å². The molecule has 0 radical (unpaired) electrons. The Bertz CT molecular complexity index is 868. The van der Waals surface area contributed by atoms with Crippen LogP contribution in [0.4, 0.5) is 0 Å². The molecule has 0 saturated heterocycles. The van der Waals surface area contributed by atoms with Crippen molar-refractivity contribution >= 4 is 5.97 Å². The number of rotatable bonds is 6. The molecule has 3 nitrogen and oxygen atoms in total. The maximum absolute atomic E-state index is 11.4. The molecule has 0 saturated carbocycles. The Morgan fingerprint density at radius 3 is 1.55 bits per heavy atom. The molecule has 3 heteroatoms. The van der Waals surface area contributed by atoms with Crippen molar-refractivity contribution in [2.45, 2.75) is 31.2 Å². The quantitative estimate of drug-likeness (QED) is 0.331.